The summed E-state index contributed by atoms with van der Waals surface area (Å²) in [5, 5.41) is 8.83. The first kappa shape index (κ1) is 26.0. The molecule has 36 heavy (non-hydrogen) atoms. The van der Waals surface area contributed by atoms with Crippen LogP contribution in [-0.4, -0.2) is 23.3 Å². The van der Waals surface area contributed by atoms with Gasteiger partial charge in [-0.3, -0.25) is 9.89 Å². The number of ether oxygens (including phenoxy) is 1. The fraction of sp³-hybridized carbons (Fsp3) is 0.400. The number of aromatic amines is 2. The number of halogens is 6. The highest BCUT2D eigenvalue weighted by Crippen LogP contribution is 2.40. The third-order valence-corrected chi connectivity index (χ3v) is 6.65. The topological polar surface area (TPSA) is 69.9 Å². The first-order chi connectivity index (χ1) is 16.9. The van der Waals surface area contributed by atoms with Crippen molar-refractivity contribution in [3.8, 4) is 0 Å². The second-order valence-corrected chi connectivity index (χ2v) is 9.07. The predicted octanol–water partition coefficient (Wildman–Crippen LogP) is 5.88. The van der Waals surface area contributed by atoms with Crippen LogP contribution in [0.25, 0.3) is 0 Å². The van der Waals surface area contributed by atoms with Gasteiger partial charge in [-0.15, -0.1) is 0 Å². The molecule has 194 valence electrons. The van der Waals surface area contributed by atoms with Crippen molar-refractivity contribution in [2.24, 2.45) is 0 Å². The van der Waals surface area contributed by atoms with Crippen molar-refractivity contribution in [2.75, 3.05) is 13.2 Å². The highest BCUT2D eigenvalue weighted by atomic mass is 19.4. The summed E-state index contributed by atoms with van der Waals surface area (Å²) in [5.74, 6) is 0.0241. The molecular weight excluding hydrogens is 488 g/mol. The van der Waals surface area contributed by atoms with Crippen LogP contribution in [0.15, 0.2) is 59.4 Å². The van der Waals surface area contributed by atoms with Crippen molar-refractivity contribution in [3.63, 3.8) is 0 Å². The quantitative estimate of drug-likeness (QED) is 0.361. The molecule has 5 nitrogen and oxygen atoms in total. The Kier molecular flexibility index (Phi) is 7.07. The lowest BCUT2D eigenvalue weighted by atomic mass is 9.79. The van der Waals surface area contributed by atoms with Gasteiger partial charge in [-0.2, -0.15) is 26.3 Å². The van der Waals surface area contributed by atoms with Crippen LogP contribution >= 0.6 is 0 Å². The zero-order valence-corrected chi connectivity index (χ0v) is 19.3. The maximum Gasteiger partial charge on any atom is 0.416 e. The summed E-state index contributed by atoms with van der Waals surface area (Å²) >= 11 is 0. The van der Waals surface area contributed by atoms with E-state index in [-0.39, 0.29) is 29.7 Å². The van der Waals surface area contributed by atoms with Crippen LogP contribution in [0.5, 0.6) is 0 Å². The molecule has 1 aliphatic rings. The second-order valence-electron chi connectivity index (χ2n) is 9.07. The van der Waals surface area contributed by atoms with Crippen LogP contribution in [0.2, 0.25) is 0 Å². The van der Waals surface area contributed by atoms with Crippen LogP contribution in [0.1, 0.15) is 59.7 Å². The van der Waals surface area contributed by atoms with Gasteiger partial charge in [0.2, 0.25) is 0 Å². The molecule has 0 aliphatic carbocycles. The van der Waals surface area contributed by atoms with Crippen LogP contribution in [-0.2, 0) is 22.6 Å². The maximum absolute atomic E-state index is 13.3. The van der Waals surface area contributed by atoms with Crippen LogP contribution in [0, 0.1) is 0 Å². The number of H-pyrrole nitrogens is 2. The largest absolute Gasteiger partial charge is 0.416 e. The summed E-state index contributed by atoms with van der Waals surface area (Å²) in [6.07, 6.45) is -9.65. The SMILES string of the molecule is CC(OCC1(c2ccccc2)CCC(c2cc(=O)[nH][nH]2)CN1)c1cc(C(F)(F)F)cc(C(F)(F)F)c1. The Labute approximate surface area is 202 Å². The van der Waals surface area contributed by atoms with E-state index in [1.54, 1.807) is 0 Å². The molecule has 1 aromatic heterocycles. The molecule has 0 spiro atoms. The number of aromatic nitrogens is 2. The molecule has 3 N–H and O–H groups in total. The lowest BCUT2D eigenvalue weighted by Crippen LogP contribution is -2.51. The van der Waals surface area contributed by atoms with Crippen LogP contribution in [0.3, 0.4) is 0 Å². The standard InChI is InChI=1S/C25H25F6N3O2/c1-15(17-9-19(24(26,27)28)11-20(10-17)25(29,30)31)36-14-23(18-5-3-2-4-6-18)8-7-16(13-32-23)21-12-22(35)34-33-21/h2-6,9-12,15-16,32H,7-8,13-14H2,1H3,(H2,33,34,35). The number of nitrogens with one attached hydrogen (secondary N) is 3. The third-order valence-electron chi connectivity index (χ3n) is 6.65. The maximum atomic E-state index is 13.3. The Morgan fingerprint density at radius 1 is 0.972 bits per heavy atom. The fourth-order valence-corrected chi connectivity index (χ4v) is 4.55. The molecule has 0 amide bonds. The number of rotatable bonds is 6. The van der Waals surface area contributed by atoms with E-state index in [0.29, 0.717) is 31.5 Å². The zero-order valence-electron chi connectivity index (χ0n) is 19.3. The molecule has 2 heterocycles. The minimum absolute atomic E-state index is 0.0200. The molecule has 1 fully saturated rings. The predicted molar refractivity (Wildman–Crippen MR) is 120 cm³/mol. The van der Waals surface area contributed by atoms with Crippen molar-refractivity contribution >= 4 is 0 Å². The average Bonchev–Trinajstić information content (AvgIpc) is 3.28. The van der Waals surface area contributed by atoms with Gasteiger partial charge in [0.25, 0.3) is 5.56 Å². The molecule has 2 aromatic carbocycles. The summed E-state index contributed by atoms with van der Waals surface area (Å²) in [5.41, 5.74) is -2.26. The number of hydrogen-bond acceptors (Lipinski definition) is 3. The van der Waals surface area contributed by atoms with Gasteiger partial charge in [-0.05, 0) is 49.1 Å². The molecule has 1 saturated heterocycles. The highest BCUT2D eigenvalue weighted by Gasteiger charge is 2.40. The Hall–Kier alpha value is -3.05. The molecule has 0 bridgehead atoms. The average molecular weight is 513 g/mol. The molecule has 1 aliphatic heterocycles. The second kappa shape index (κ2) is 9.78. The lowest BCUT2D eigenvalue weighted by Gasteiger charge is -2.42. The normalized spacial score (nSPS) is 21.9. The van der Waals surface area contributed by atoms with Crippen LogP contribution in [0.4, 0.5) is 26.3 Å². The van der Waals surface area contributed by atoms with Gasteiger partial charge < -0.3 is 15.2 Å². The highest BCUT2D eigenvalue weighted by molar-refractivity contribution is 5.35. The first-order valence-corrected chi connectivity index (χ1v) is 11.4. The van der Waals surface area contributed by atoms with Gasteiger partial charge in [-0.1, -0.05) is 30.3 Å². The molecule has 3 atom stereocenters. The van der Waals surface area contributed by atoms with E-state index in [9.17, 15) is 31.1 Å². The van der Waals surface area contributed by atoms with Crippen molar-refractivity contribution in [2.45, 2.75) is 49.7 Å². The number of benzene rings is 2. The van der Waals surface area contributed by atoms with Gasteiger partial charge in [0.1, 0.15) is 0 Å². The van der Waals surface area contributed by atoms with Gasteiger partial charge in [0.15, 0.2) is 0 Å². The van der Waals surface area contributed by atoms with Crippen molar-refractivity contribution < 1.29 is 31.1 Å². The van der Waals surface area contributed by atoms with E-state index in [1.807, 2.05) is 30.3 Å². The van der Waals surface area contributed by atoms with E-state index in [4.69, 9.17) is 4.74 Å². The van der Waals surface area contributed by atoms with Gasteiger partial charge in [0, 0.05) is 24.2 Å². The van der Waals surface area contributed by atoms with E-state index in [2.05, 4.69) is 15.5 Å². The van der Waals surface area contributed by atoms with Crippen LogP contribution < -0.4 is 10.9 Å². The summed E-state index contributed by atoms with van der Waals surface area (Å²) in [6.45, 7) is 1.94. The van der Waals surface area contributed by atoms with E-state index in [1.165, 1.54) is 13.0 Å². The van der Waals surface area contributed by atoms with E-state index < -0.39 is 35.1 Å². The van der Waals surface area contributed by atoms with Gasteiger partial charge in [0.05, 0.1) is 29.4 Å². The zero-order chi connectivity index (χ0) is 26.1. The van der Waals surface area contributed by atoms with Crippen molar-refractivity contribution in [1.29, 1.82) is 0 Å². The molecule has 0 saturated carbocycles. The van der Waals surface area contributed by atoms with Gasteiger partial charge >= 0.3 is 12.4 Å². The molecule has 11 heteroatoms. The summed E-state index contributed by atoms with van der Waals surface area (Å²) in [6, 6.07) is 12.3. The first-order valence-electron chi connectivity index (χ1n) is 11.4. The Morgan fingerprint density at radius 2 is 1.61 bits per heavy atom. The molecule has 4 rings (SSSR count). The molecule has 3 aromatic rings. The Balaban J connectivity index is 1.57. The van der Waals surface area contributed by atoms with Gasteiger partial charge in [-0.25, -0.2) is 0 Å². The fourth-order valence-electron chi connectivity index (χ4n) is 4.55. The summed E-state index contributed by atoms with van der Waals surface area (Å²) in [4.78, 5) is 11.5. The molecule has 0 radical (unpaired) electrons. The van der Waals surface area contributed by atoms with Crippen molar-refractivity contribution in [3.05, 3.63) is 92.9 Å². The monoisotopic (exact) mass is 513 g/mol. The summed E-state index contributed by atoms with van der Waals surface area (Å²) in [7, 11) is 0. The number of hydrogen-bond donors (Lipinski definition) is 3. The Morgan fingerprint density at radius 3 is 2.11 bits per heavy atom. The minimum atomic E-state index is -4.93. The lowest BCUT2D eigenvalue weighted by molar-refractivity contribution is -0.143. The van der Waals surface area contributed by atoms with Crippen molar-refractivity contribution in [1.82, 2.24) is 15.5 Å². The Bertz CT molecular complexity index is 1190. The minimum Gasteiger partial charge on any atom is -0.372 e. The molecule has 3 unspecified atom stereocenters. The van der Waals surface area contributed by atoms with E-state index in [0.717, 1.165) is 11.3 Å². The third kappa shape index (κ3) is 5.67. The molecular formula is C25H25F6N3O2. The van der Waals surface area contributed by atoms with E-state index >= 15 is 0 Å². The summed E-state index contributed by atoms with van der Waals surface area (Å²) < 4.78 is 85.7. The smallest absolute Gasteiger partial charge is 0.372 e. The number of piperidine rings is 1. The number of alkyl halides is 6.